The van der Waals surface area contributed by atoms with E-state index in [1.54, 1.807) is 18.4 Å². The van der Waals surface area contributed by atoms with Gasteiger partial charge in [-0.3, -0.25) is 0 Å². The van der Waals surface area contributed by atoms with E-state index in [0.29, 0.717) is 18.5 Å². The zero-order valence-electron chi connectivity index (χ0n) is 12.0. The predicted octanol–water partition coefficient (Wildman–Crippen LogP) is 2.77. The minimum Gasteiger partial charge on any atom is -0.377 e. The van der Waals surface area contributed by atoms with Crippen molar-refractivity contribution in [1.29, 1.82) is 0 Å². The number of hydrogen-bond acceptors (Lipinski definition) is 6. The minimum absolute atomic E-state index is 0.309. The van der Waals surface area contributed by atoms with Crippen LogP contribution in [0.15, 0.2) is 23.6 Å². The van der Waals surface area contributed by atoms with E-state index in [0.717, 1.165) is 18.1 Å². The Morgan fingerprint density at radius 1 is 1.35 bits per heavy atom. The van der Waals surface area contributed by atoms with E-state index in [2.05, 4.69) is 45.0 Å². The van der Waals surface area contributed by atoms with E-state index in [1.165, 1.54) is 4.88 Å². The van der Waals surface area contributed by atoms with Gasteiger partial charge in [-0.2, -0.15) is 0 Å². The molecule has 0 aliphatic heterocycles. The van der Waals surface area contributed by atoms with Gasteiger partial charge in [0.25, 0.3) is 0 Å². The minimum atomic E-state index is 0.309. The third-order valence-electron chi connectivity index (χ3n) is 2.78. The summed E-state index contributed by atoms with van der Waals surface area (Å²) in [6.07, 6.45) is 0.982. The lowest BCUT2D eigenvalue weighted by molar-refractivity contribution is 0.178. The third-order valence-corrected chi connectivity index (χ3v) is 3.68. The molecule has 0 spiro atoms. The molecule has 1 unspecified atom stereocenters. The first-order valence-electron chi connectivity index (χ1n) is 6.55. The van der Waals surface area contributed by atoms with Crippen LogP contribution in [0, 0.1) is 0 Å². The summed E-state index contributed by atoms with van der Waals surface area (Å²) in [4.78, 5) is 10.2. The summed E-state index contributed by atoms with van der Waals surface area (Å²) < 4.78 is 5.09. The molecule has 2 N–H and O–H groups in total. The second-order valence-corrected chi connectivity index (χ2v) is 5.60. The molecule has 0 amide bonds. The maximum Gasteiger partial charge on any atom is 0.158 e. The van der Waals surface area contributed by atoms with Gasteiger partial charge in [-0.05, 0) is 18.4 Å². The van der Waals surface area contributed by atoms with Gasteiger partial charge in [0.15, 0.2) is 5.82 Å². The van der Waals surface area contributed by atoms with Gasteiger partial charge in [0, 0.05) is 37.6 Å². The average molecular weight is 292 g/mol. The number of aromatic nitrogens is 2. The molecule has 2 heterocycles. The second-order valence-electron chi connectivity index (χ2n) is 4.57. The number of hydrogen-bond donors (Lipinski definition) is 2. The van der Waals surface area contributed by atoms with Gasteiger partial charge in [0.2, 0.25) is 0 Å². The van der Waals surface area contributed by atoms with Crippen LogP contribution in [0.2, 0.25) is 0 Å². The van der Waals surface area contributed by atoms with Gasteiger partial charge >= 0.3 is 0 Å². The number of nitrogens with one attached hydrogen (secondary N) is 2. The highest BCUT2D eigenvalue weighted by Crippen LogP contribution is 2.16. The zero-order chi connectivity index (χ0) is 14.4. The van der Waals surface area contributed by atoms with Crippen molar-refractivity contribution in [2.24, 2.45) is 0 Å². The predicted molar refractivity (Wildman–Crippen MR) is 83.4 cm³/mol. The molecule has 5 nitrogen and oxygen atoms in total. The number of rotatable bonds is 7. The Bertz CT molecular complexity index is 530. The van der Waals surface area contributed by atoms with Crippen LogP contribution < -0.4 is 10.6 Å². The molecule has 20 heavy (non-hydrogen) atoms. The summed E-state index contributed by atoms with van der Waals surface area (Å²) >= 11 is 1.78. The first-order chi connectivity index (χ1) is 9.71. The molecule has 0 fully saturated rings. The number of methoxy groups -OCH3 is 1. The SMILES string of the molecule is CNc1cc(NC(C)Cc2cccs2)nc(COC)n1. The van der Waals surface area contributed by atoms with Crippen molar-refractivity contribution in [3.05, 3.63) is 34.3 Å². The Morgan fingerprint density at radius 3 is 2.80 bits per heavy atom. The van der Waals surface area contributed by atoms with Gasteiger partial charge in [-0.15, -0.1) is 11.3 Å². The van der Waals surface area contributed by atoms with Crippen molar-refractivity contribution in [2.45, 2.75) is 26.0 Å². The fraction of sp³-hybridized carbons (Fsp3) is 0.429. The number of thiophene rings is 1. The first kappa shape index (κ1) is 14.7. The Labute approximate surface area is 123 Å². The van der Waals surface area contributed by atoms with Crippen LogP contribution >= 0.6 is 11.3 Å². The van der Waals surface area contributed by atoms with Crippen molar-refractivity contribution >= 4 is 23.0 Å². The lowest BCUT2D eigenvalue weighted by atomic mass is 10.2. The number of anilines is 2. The Hall–Kier alpha value is -1.66. The van der Waals surface area contributed by atoms with Crippen LogP contribution in [-0.4, -0.2) is 30.2 Å². The summed E-state index contributed by atoms with van der Waals surface area (Å²) in [6, 6.07) is 6.44. The fourth-order valence-electron chi connectivity index (χ4n) is 1.93. The highest BCUT2D eigenvalue weighted by molar-refractivity contribution is 7.09. The lowest BCUT2D eigenvalue weighted by Crippen LogP contribution is -2.19. The Morgan fingerprint density at radius 2 is 2.15 bits per heavy atom. The summed E-state index contributed by atoms with van der Waals surface area (Å²) in [5.74, 6) is 2.28. The third kappa shape index (κ3) is 4.18. The normalized spacial score (nSPS) is 12.2. The Kier molecular flexibility index (Phi) is 5.31. The topological polar surface area (TPSA) is 59.1 Å². The molecule has 0 saturated heterocycles. The van der Waals surface area contributed by atoms with E-state index in [9.17, 15) is 0 Å². The molecular weight excluding hydrogens is 272 g/mol. The Balaban J connectivity index is 2.05. The summed E-state index contributed by atoms with van der Waals surface area (Å²) in [6.45, 7) is 2.56. The second kappa shape index (κ2) is 7.21. The number of ether oxygens (including phenoxy) is 1. The lowest BCUT2D eigenvalue weighted by Gasteiger charge is -2.15. The van der Waals surface area contributed by atoms with Crippen LogP contribution in [0.1, 0.15) is 17.6 Å². The molecule has 108 valence electrons. The molecule has 0 saturated carbocycles. The smallest absolute Gasteiger partial charge is 0.158 e. The molecule has 0 aliphatic rings. The van der Waals surface area contributed by atoms with Crippen LogP contribution in [0.3, 0.4) is 0 Å². The van der Waals surface area contributed by atoms with Crippen molar-refractivity contribution < 1.29 is 4.74 Å². The molecular formula is C14H20N4OS. The van der Waals surface area contributed by atoms with Gasteiger partial charge in [0.05, 0.1) is 0 Å². The van der Waals surface area contributed by atoms with E-state index < -0.39 is 0 Å². The molecule has 0 bridgehead atoms. The summed E-state index contributed by atoms with van der Waals surface area (Å²) in [7, 11) is 3.49. The highest BCUT2D eigenvalue weighted by atomic mass is 32.1. The van der Waals surface area contributed by atoms with Crippen molar-refractivity contribution in [2.75, 3.05) is 24.8 Å². The van der Waals surface area contributed by atoms with Crippen molar-refractivity contribution in [1.82, 2.24) is 9.97 Å². The maximum atomic E-state index is 5.09. The quantitative estimate of drug-likeness (QED) is 0.822. The van der Waals surface area contributed by atoms with Crippen LogP contribution in [0.4, 0.5) is 11.6 Å². The highest BCUT2D eigenvalue weighted by Gasteiger charge is 2.08. The van der Waals surface area contributed by atoms with Gasteiger partial charge in [-0.1, -0.05) is 6.07 Å². The fourth-order valence-corrected chi connectivity index (χ4v) is 2.76. The summed E-state index contributed by atoms with van der Waals surface area (Å²) in [5, 5.41) is 8.55. The van der Waals surface area contributed by atoms with Crippen LogP contribution in [-0.2, 0) is 17.8 Å². The molecule has 0 radical (unpaired) electrons. The van der Waals surface area contributed by atoms with Crippen LogP contribution in [0.25, 0.3) is 0 Å². The summed E-state index contributed by atoms with van der Waals surface area (Å²) in [5.41, 5.74) is 0. The van der Waals surface area contributed by atoms with E-state index in [1.807, 2.05) is 13.1 Å². The molecule has 6 heteroatoms. The molecule has 2 aromatic rings. The molecule has 0 aromatic carbocycles. The maximum absolute atomic E-state index is 5.09. The van der Waals surface area contributed by atoms with Gasteiger partial charge in [0.1, 0.15) is 18.2 Å². The average Bonchev–Trinajstić information content (AvgIpc) is 2.91. The molecule has 2 rings (SSSR count). The molecule has 0 aliphatic carbocycles. The monoisotopic (exact) mass is 292 g/mol. The number of nitrogens with zero attached hydrogens (tertiary/aromatic N) is 2. The zero-order valence-corrected chi connectivity index (χ0v) is 12.8. The first-order valence-corrected chi connectivity index (χ1v) is 7.42. The largest absolute Gasteiger partial charge is 0.377 e. The van der Waals surface area contributed by atoms with E-state index in [-0.39, 0.29) is 0 Å². The van der Waals surface area contributed by atoms with E-state index in [4.69, 9.17) is 4.74 Å². The molecule has 2 aromatic heterocycles. The van der Waals surface area contributed by atoms with Crippen LogP contribution in [0.5, 0.6) is 0 Å². The van der Waals surface area contributed by atoms with Crippen molar-refractivity contribution in [3.63, 3.8) is 0 Å². The van der Waals surface area contributed by atoms with E-state index >= 15 is 0 Å². The van der Waals surface area contributed by atoms with Crippen molar-refractivity contribution in [3.8, 4) is 0 Å². The van der Waals surface area contributed by atoms with Gasteiger partial charge in [-0.25, -0.2) is 9.97 Å². The van der Waals surface area contributed by atoms with Gasteiger partial charge < -0.3 is 15.4 Å². The molecule has 1 atom stereocenters. The standard InChI is InChI=1S/C14H20N4OS/c1-10(7-11-5-4-6-20-11)16-13-8-12(15-2)17-14(18-13)9-19-3/h4-6,8,10H,7,9H2,1-3H3,(H2,15,16,17,18).